The van der Waals surface area contributed by atoms with Crippen molar-refractivity contribution in [2.75, 3.05) is 16.8 Å². The van der Waals surface area contributed by atoms with Crippen LogP contribution in [0, 0.1) is 6.92 Å². The summed E-state index contributed by atoms with van der Waals surface area (Å²) in [6.07, 6.45) is 4.55. The summed E-state index contributed by atoms with van der Waals surface area (Å²) in [7, 11) is 0. The van der Waals surface area contributed by atoms with Gasteiger partial charge >= 0.3 is 0 Å². The summed E-state index contributed by atoms with van der Waals surface area (Å²) < 4.78 is 0. The Morgan fingerprint density at radius 2 is 2.43 bits per heavy atom. The van der Waals surface area contributed by atoms with Gasteiger partial charge in [0.15, 0.2) is 0 Å². The van der Waals surface area contributed by atoms with Crippen molar-refractivity contribution in [3.8, 4) is 0 Å². The molecule has 1 saturated heterocycles. The van der Waals surface area contributed by atoms with Crippen LogP contribution in [0.3, 0.4) is 0 Å². The van der Waals surface area contributed by atoms with Crippen LogP contribution < -0.4 is 5.32 Å². The van der Waals surface area contributed by atoms with Gasteiger partial charge in [0, 0.05) is 17.5 Å². The maximum absolute atomic E-state index is 4.28. The van der Waals surface area contributed by atoms with E-state index in [2.05, 4.69) is 22.4 Å². The molecule has 1 aromatic rings. The predicted octanol–water partition coefficient (Wildman–Crippen LogP) is 2.70. The maximum Gasteiger partial charge on any atom is 0.0529 e. The van der Waals surface area contributed by atoms with E-state index in [-0.39, 0.29) is 0 Å². The van der Waals surface area contributed by atoms with E-state index >= 15 is 0 Å². The van der Waals surface area contributed by atoms with E-state index in [4.69, 9.17) is 0 Å². The first-order chi connectivity index (χ1) is 6.84. The molecule has 1 aliphatic heterocycles. The normalized spacial score (nSPS) is 21.9. The smallest absolute Gasteiger partial charge is 0.0529 e. The van der Waals surface area contributed by atoms with Crippen LogP contribution in [-0.2, 0) is 0 Å². The van der Waals surface area contributed by atoms with Crippen LogP contribution in [0.15, 0.2) is 18.3 Å². The predicted molar refractivity (Wildman–Crippen MR) is 62.9 cm³/mol. The molecule has 1 fully saturated rings. The molecule has 2 nitrogen and oxygen atoms in total. The Hall–Kier alpha value is -0.700. The number of pyridine rings is 1. The molecule has 1 unspecified atom stereocenters. The lowest BCUT2D eigenvalue weighted by atomic mass is 10.2. The SMILES string of the molecule is Cc1ccc(NC2CCCSC2)cn1. The summed E-state index contributed by atoms with van der Waals surface area (Å²) in [6.45, 7) is 2.01. The Morgan fingerprint density at radius 1 is 1.50 bits per heavy atom. The quantitative estimate of drug-likeness (QED) is 0.809. The molecule has 3 heteroatoms. The highest BCUT2D eigenvalue weighted by Gasteiger charge is 2.12. The molecule has 0 aliphatic carbocycles. The Bertz CT molecular complexity index is 278. The van der Waals surface area contributed by atoms with Gasteiger partial charge in [0.1, 0.15) is 0 Å². The van der Waals surface area contributed by atoms with E-state index in [1.165, 1.54) is 24.3 Å². The second-order valence-electron chi connectivity index (χ2n) is 3.75. The number of hydrogen-bond donors (Lipinski definition) is 1. The van der Waals surface area contributed by atoms with Gasteiger partial charge in [-0.2, -0.15) is 11.8 Å². The third kappa shape index (κ3) is 2.64. The first-order valence-electron chi connectivity index (χ1n) is 5.11. The lowest BCUT2D eigenvalue weighted by molar-refractivity contribution is 0.685. The van der Waals surface area contributed by atoms with Crippen LogP contribution in [0.4, 0.5) is 5.69 Å². The van der Waals surface area contributed by atoms with Crippen molar-refractivity contribution < 1.29 is 0 Å². The van der Waals surface area contributed by atoms with Crippen molar-refractivity contribution in [2.45, 2.75) is 25.8 Å². The molecule has 0 radical (unpaired) electrons. The summed E-state index contributed by atoms with van der Waals surface area (Å²) in [4.78, 5) is 4.28. The fourth-order valence-corrected chi connectivity index (χ4v) is 2.72. The number of nitrogens with zero attached hydrogens (tertiary/aromatic N) is 1. The molecular formula is C11H16N2S. The highest BCUT2D eigenvalue weighted by atomic mass is 32.2. The van der Waals surface area contributed by atoms with E-state index < -0.39 is 0 Å². The van der Waals surface area contributed by atoms with Crippen LogP contribution in [0.5, 0.6) is 0 Å². The van der Waals surface area contributed by atoms with Crippen molar-refractivity contribution in [2.24, 2.45) is 0 Å². The molecule has 76 valence electrons. The minimum atomic E-state index is 0.637. The zero-order valence-corrected chi connectivity index (χ0v) is 9.31. The van der Waals surface area contributed by atoms with Gasteiger partial charge < -0.3 is 5.32 Å². The molecular weight excluding hydrogens is 192 g/mol. The van der Waals surface area contributed by atoms with E-state index in [0.29, 0.717) is 6.04 Å². The van der Waals surface area contributed by atoms with E-state index in [1.54, 1.807) is 0 Å². The summed E-state index contributed by atoms with van der Waals surface area (Å²) in [6, 6.07) is 4.80. The zero-order valence-electron chi connectivity index (χ0n) is 8.49. The van der Waals surface area contributed by atoms with Gasteiger partial charge in [-0.15, -0.1) is 0 Å². The second kappa shape index (κ2) is 4.69. The summed E-state index contributed by atoms with van der Waals surface area (Å²) >= 11 is 2.04. The standard InChI is InChI=1S/C11H16N2S/c1-9-4-5-10(7-12-9)13-11-3-2-6-14-8-11/h4-5,7,11,13H,2-3,6,8H2,1H3. The van der Waals surface area contributed by atoms with Crippen LogP contribution in [0.1, 0.15) is 18.5 Å². The number of nitrogens with one attached hydrogen (secondary N) is 1. The first kappa shape index (κ1) is 9.84. The minimum absolute atomic E-state index is 0.637. The van der Waals surface area contributed by atoms with Gasteiger partial charge in [-0.1, -0.05) is 0 Å². The third-order valence-corrected chi connectivity index (χ3v) is 3.66. The van der Waals surface area contributed by atoms with E-state index in [9.17, 15) is 0 Å². The Morgan fingerprint density at radius 3 is 3.07 bits per heavy atom. The average Bonchev–Trinajstić information content (AvgIpc) is 2.23. The third-order valence-electron chi connectivity index (χ3n) is 2.44. The van der Waals surface area contributed by atoms with Gasteiger partial charge in [0.05, 0.1) is 11.9 Å². The fraction of sp³-hybridized carbons (Fsp3) is 0.545. The molecule has 2 rings (SSSR count). The van der Waals surface area contributed by atoms with Gasteiger partial charge in [0.2, 0.25) is 0 Å². The largest absolute Gasteiger partial charge is 0.380 e. The van der Waals surface area contributed by atoms with Crippen LogP contribution in [0.25, 0.3) is 0 Å². The summed E-state index contributed by atoms with van der Waals surface area (Å²) in [5.41, 5.74) is 2.23. The first-order valence-corrected chi connectivity index (χ1v) is 6.27. The zero-order chi connectivity index (χ0) is 9.80. The average molecular weight is 208 g/mol. The molecule has 0 saturated carbocycles. The van der Waals surface area contributed by atoms with Crippen LogP contribution >= 0.6 is 11.8 Å². The summed E-state index contributed by atoms with van der Waals surface area (Å²) in [5, 5.41) is 3.52. The van der Waals surface area contributed by atoms with E-state index in [1.807, 2.05) is 24.9 Å². The minimum Gasteiger partial charge on any atom is -0.380 e. The van der Waals surface area contributed by atoms with Crippen molar-refractivity contribution >= 4 is 17.4 Å². The summed E-state index contributed by atoms with van der Waals surface area (Å²) in [5.74, 6) is 2.55. The van der Waals surface area contributed by atoms with Crippen molar-refractivity contribution in [1.82, 2.24) is 4.98 Å². The molecule has 1 atom stereocenters. The van der Waals surface area contributed by atoms with Gasteiger partial charge in [0.25, 0.3) is 0 Å². The highest BCUT2D eigenvalue weighted by molar-refractivity contribution is 7.99. The molecule has 2 heterocycles. The number of hydrogen-bond acceptors (Lipinski definition) is 3. The molecule has 0 amide bonds. The lowest BCUT2D eigenvalue weighted by Crippen LogP contribution is -2.25. The molecule has 1 N–H and O–H groups in total. The Kier molecular flexibility index (Phi) is 3.30. The van der Waals surface area contributed by atoms with E-state index in [0.717, 1.165) is 11.4 Å². The Labute approximate surface area is 89.5 Å². The number of aryl methyl sites for hydroxylation is 1. The highest BCUT2D eigenvalue weighted by Crippen LogP contribution is 2.20. The molecule has 0 aromatic carbocycles. The molecule has 14 heavy (non-hydrogen) atoms. The van der Waals surface area contributed by atoms with Crippen molar-refractivity contribution in [1.29, 1.82) is 0 Å². The van der Waals surface area contributed by atoms with Gasteiger partial charge in [-0.25, -0.2) is 0 Å². The Balaban J connectivity index is 1.92. The second-order valence-corrected chi connectivity index (χ2v) is 4.90. The number of rotatable bonds is 2. The van der Waals surface area contributed by atoms with Crippen LogP contribution in [-0.4, -0.2) is 22.5 Å². The van der Waals surface area contributed by atoms with Crippen molar-refractivity contribution in [3.63, 3.8) is 0 Å². The van der Waals surface area contributed by atoms with Gasteiger partial charge in [-0.3, -0.25) is 4.98 Å². The monoisotopic (exact) mass is 208 g/mol. The molecule has 0 bridgehead atoms. The molecule has 0 spiro atoms. The number of thioether (sulfide) groups is 1. The van der Waals surface area contributed by atoms with Crippen molar-refractivity contribution in [3.05, 3.63) is 24.0 Å². The number of aromatic nitrogens is 1. The van der Waals surface area contributed by atoms with Gasteiger partial charge in [-0.05, 0) is 37.7 Å². The topological polar surface area (TPSA) is 24.9 Å². The lowest BCUT2D eigenvalue weighted by Gasteiger charge is -2.23. The number of anilines is 1. The fourth-order valence-electron chi connectivity index (χ4n) is 1.64. The molecule has 1 aromatic heterocycles. The molecule has 1 aliphatic rings. The maximum atomic E-state index is 4.28. The van der Waals surface area contributed by atoms with Crippen LogP contribution in [0.2, 0.25) is 0 Å².